The summed E-state index contributed by atoms with van der Waals surface area (Å²) < 4.78 is 22.2. The lowest BCUT2D eigenvalue weighted by atomic mass is 9.91. The summed E-state index contributed by atoms with van der Waals surface area (Å²) in [6, 6.07) is 8.30. The van der Waals surface area contributed by atoms with Crippen molar-refractivity contribution in [1.29, 1.82) is 0 Å². The predicted molar refractivity (Wildman–Crippen MR) is 144 cm³/mol. The number of benzene rings is 1. The second-order valence-corrected chi connectivity index (χ2v) is 10.6. The van der Waals surface area contributed by atoms with Crippen molar-refractivity contribution in [2.75, 3.05) is 46.9 Å². The maximum absolute atomic E-state index is 14.2. The zero-order valence-corrected chi connectivity index (χ0v) is 22.0. The Kier molecular flexibility index (Phi) is 7.08. The maximum Gasteiger partial charge on any atom is 0.251 e. The first-order chi connectivity index (χ1) is 16.9. The molecule has 0 saturated carbocycles. The van der Waals surface area contributed by atoms with Gasteiger partial charge in [-0.3, -0.25) is 9.79 Å². The van der Waals surface area contributed by atoms with Crippen molar-refractivity contribution in [3.63, 3.8) is 0 Å². The van der Waals surface area contributed by atoms with Gasteiger partial charge in [-0.15, -0.1) is 0 Å². The monoisotopic (exact) mass is 589 g/mol. The van der Waals surface area contributed by atoms with E-state index >= 15 is 0 Å². The van der Waals surface area contributed by atoms with Gasteiger partial charge in [0, 0.05) is 53.8 Å². The van der Waals surface area contributed by atoms with Crippen LogP contribution in [-0.2, 0) is 4.74 Å². The number of allylic oxidation sites excluding steroid dienone is 1. The van der Waals surface area contributed by atoms with Gasteiger partial charge in [0.25, 0.3) is 5.56 Å². The van der Waals surface area contributed by atoms with Crippen molar-refractivity contribution in [1.82, 2.24) is 19.7 Å². The van der Waals surface area contributed by atoms with E-state index in [0.717, 1.165) is 52.3 Å². The highest BCUT2D eigenvalue weighted by molar-refractivity contribution is 14.1. The largest absolute Gasteiger partial charge is 0.378 e. The Labute approximate surface area is 218 Å². The van der Waals surface area contributed by atoms with Crippen LogP contribution < -0.4 is 10.9 Å². The molecule has 1 N–H and O–H groups in total. The van der Waals surface area contributed by atoms with Crippen molar-refractivity contribution in [2.24, 2.45) is 10.9 Å². The minimum Gasteiger partial charge on any atom is -0.378 e. The van der Waals surface area contributed by atoms with E-state index in [1.807, 2.05) is 49.7 Å². The van der Waals surface area contributed by atoms with Gasteiger partial charge >= 0.3 is 0 Å². The molecule has 5 rings (SSSR count). The number of dihydropyridines is 1. The number of rotatable bonds is 6. The van der Waals surface area contributed by atoms with E-state index in [1.165, 1.54) is 12.1 Å². The number of hydrogen-bond acceptors (Lipinski definition) is 6. The highest BCUT2D eigenvalue weighted by Gasteiger charge is 2.32. The summed E-state index contributed by atoms with van der Waals surface area (Å²) in [5.41, 5.74) is 3.68. The normalized spacial score (nSPS) is 22.5. The number of aromatic nitrogens is 1. The number of nitrogens with zero attached hydrogens (tertiary/aromatic N) is 4. The number of aliphatic imine (C=N–C) groups is 1. The first kappa shape index (κ1) is 24.2. The molecular weight excluding hydrogens is 560 g/mol. The van der Waals surface area contributed by atoms with Crippen LogP contribution in [0.1, 0.15) is 17.2 Å². The van der Waals surface area contributed by atoms with Gasteiger partial charge in [0.1, 0.15) is 12.0 Å². The highest BCUT2D eigenvalue weighted by atomic mass is 127. The average molecular weight is 589 g/mol. The van der Waals surface area contributed by atoms with E-state index in [4.69, 9.17) is 9.73 Å². The van der Waals surface area contributed by atoms with Crippen LogP contribution in [0.2, 0.25) is 0 Å². The van der Waals surface area contributed by atoms with Gasteiger partial charge in [0.15, 0.2) is 0 Å². The number of likely N-dealkylation sites (N-methyl/N-ethyl adjacent to an activating group) is 1. The summed E-state index contributed by atoms with van der Waals surface area (Å²) in [4.78, 5) is 22.4. The molecule has 4 heterocycles. The van der Waals surface area contributed by atoms with Gasteiger partial charge in [0.05, 0.1) is 25.0 Å². The quantitative estimate of drug-likeness (QED) is 0.526. The molecule has 1 fully saturated rings. The predicted octanol–water partition coefficient (Wildman–Crippen LogP) is 2.93. The van der Waals surface area contributed by atoms with E-state index in [9.17, 15) is 9.18 Å². The van der Waals surface area contributed by atoms with Gasteiger partial charge in [-0.2, -0.15) is 0 Å². The summed E-state index contributed by atoms with van der Waals surface area (Å²) in [5.74, 6) is -0.246. The van der Waals surface area contributed by atoms with Gasteiger partial charge in [-0.1, -0.05) is 0 Å². The molecule has 0 aliphatic carbocycles. The first-order valence-electron chi connectivity index (χ1n) is 11.8. The second kappa shape index (κ2) is 10.2. The number of morpholine rings is 1. The minimum absolute atomic E-state index is 0.0514. The Balaban J connectivity index is 1.44. The van der Waals surface area contributed by atoms with Crippen LogP contribution in [0.25, 0.3) is 5.57 Å². The Hall–Kier alpha value is -2.50. The third-order valence-electron chi connectivity index (χ3n) is 6.63. The summed E-state index contributed by atoms with van der Waals surface area (Å²) in [5, 5.41) is 3.35. The highest BCUT2D eigenvalue weighted by Crippen LogP contribution is 2.34. The number of ether oxygens (including phenoxy) is 1. The third-order valence-corrected chi connectivity index (χ3v) is 7.25. The molecule has 7 nitrogen and oxygen atoms in total. The zero-order chi connectivity index (χ0) is 24.5. The molecule has 3 unspecified atom stereocenters. The van der Waals surface area contributed by atoms with Gasteiger partial charge in [-0.25, -0.2) is 4.39 Å². The van der Waals surface area contributed by atoms with E-state index < -0.39 is 0 Å². The summed E-state index contributed by atoms with van der Waals surface area (Å²) >= 11 is 2.11. The van der Waals surface area contributed by atoms with E-state index in [1.54, 1.807) is 10.6 Å². The Bertz CT molecular complexity index is 1230. The van der Waals surface area contributed by atoms with Crippen molar-refractivity contribution >= 4 is 34.4 Å². The lowest BCUT2D eigenvalue weighted by molar-refractivity contribution is 0.0562. The Morgan fingerprint density at radius 1 is 1.26 bits per heavy atom. The smallest absolute Gasteiger partial charge is 0.251 e. The van der Waals surface area contributed by atoms with E-state index in [2.05, 4.69) is 38.9 Å². The molecule has 9 heteroatoms. The molecule has 2 aromatic rings. The molecule has 1 aromatic heterocycles. The molecule has 3 aliphatic rings. The minimum atomic E-state index is -0.300. The van der Waals surface area contributed by atoms with Crippen LogP contribution in [0.3, 0.4) is 0 Å². The number of halogens is 2. The molecule has 1 saturated heterocycles. The van der Waals surface area contributed by atoms with Gasteiger partial charge in [0.2, 0.25) is 0 Å². The molecule has 0 spiro atoms. The number of fused-ring (bicyclic) bond motifs is 1. The van der Waals surface area contributed by atoms with Crippen LogP contribution in [0, 0.1) is 15.3 Å². The number of hydrogen-bond donors (Lipinski definition) is 1. The standard InChI is InChI=1S/C26H29FIN5O2/c1-31(2)16-24(18-9-19(27)12-20(28)10-18)33-4-3-17(11-25(33)34)23-15-30-26-22(23)13-21(14-29-26)32-5-7-35-8-6-32/h3-4,9-15,22,24,26,30H,5-8,16H2,1-2H3. The molecule has 3 atom stereocenters. The van der Waals surface area contributed by atoms with Gasteiger partial charge in [-0.05, 0) is 83.7 Å². The fourth-order valence-corrected chi connectivity index (χ4v) is 5.58. The van der Waals surface area contributed by atoms with E-state index in [0.29, 0.717) is 6.54 Å². The molecule has 0 radical (unpaired) electrons. The maximum atomic E-state index is 14.2. The van der Waals surface area contributed by atoms with Crippen LogP contribution in [0.4, 0.5) is 4.39 Å². The van der Waals surface area contributed by atoms with Crippen LogP contribution >= 0.6 is 22.6 Å². The lowest BCUT2D eigenvalue weighted by Crippen LogP contribution is -2.38. The topological polar surface area (TPSA) is 62.1 Å². The molecule has 35 heavy (non-hydrogen) atoms. The average Bonchev–Trinajstić information content (AvgIpc) is 3.26. The molecule has 0 amide bonds. The molecule has 1 aromatic carbocycles. The molecule has 3 aliphatic heterocycles. The second-order valence-electron chi connectivity index (χ2n) is 9.35. The van der Waals surface area contributed by atoms with Crippen molar-refractivity contribution in [2.45, 2.75) is 12.2 Å². The fraction of sp³-hybridized carbons (Fsp3) is 0.385. The molecule has 0 bridgehead atoms. The zero-order valence-electron chi connectivity index (χ0n) is 19.8. The molecule has 184 valence electrons. The molecular formula is C26H29FIN5O2. The summed E-state index contributed by atoms with van der Waals surface area (Å²) in [6.07, 6.45) is 7.91. The summed E-state index contributed by atoms with van der Waals surface area (Å²) in [6.45, 7) is 3.72. The SMILES string of the molecule is CN(C)CC(c1cc(F)cc(I)c1)n1ccc(C2=CNC3N=CC(N4CCOCC4)=CC23)cc1=O. The van der Waals surface area contributed by atoms with Gasteiger partial charge < -0.3 is 24.4 Å². The van der Waals surface area contributed by atoms with Crippen LogP contribution in [-0.4, -0.2) is 73.7 Å². The van der Waals surface area contributed by atoms with Crippen molar-refractivity contribution < 1.29 is 9.13 Å². The number of pyridine rings is 1. The fourth-order valence-electron chi connectivity index (χ4n) is 4.92. The Morgan fingerprint density at radius 3 is 2.77 bits per heavy atom. The third kappa shape index (κ3) is 5.22. The summed E-state index contributed by atoms with van der Waals surface area (Å²) in [7, 11) is 3.90. The Morgan fingerprint density at radius 2 is 2.06 bits per heavy atom. The van der Waals surface area contributed by atoms with Crippen LogP contribution in [0.15, 0.2) is 64.3 Å². The lowest BCUT2D eigenvalue weighted by Gasteiger charge is -2.32. The van der Waals surface area contributed by atoms with Crippen LogP contribution in [0.5, 0.6) is 0 Å². The van der Waals surface area contributed by atoms with Crippen molar-refractivity contribution in [3.05, 3.63) is 85.4 Å². The van der Waals surface area contributed by atoms with Crippen molar-refractivity contribution in [3.8, 4) is 0 Å². The first-order valence-corrected chi connectivity index (χ1v) is 12.8. The number of nitrogens with one attached hydrogen (secondary N) is 1. The van der Waals surface area contributed by atoms with E-state index in [-0.39, 0.29) is 29.5 Å².